The third-order valence-corrected chi connectivity index (χ3v) is 6.05. The molecule has 2 aromatic heterocycles. The summed E-state index contributed by atoms with van der Waals surface area (Å²) in [6.07, 6.45) is 2.85. The van der Waals surface area contributed by atoms with Gasteiger partial charge in [-0.05, 0) is 17.7 Å². The lowest BCUT2D eigenvalue weighted by Gasteiger charge is -2.08. The van der Waals surface area contributed by atoms with Crippen molar-refractivity contribution in [1.82, 2.24) is 15.0 Å². The standard InChI is InChI=1S/C19H16N4O2S/c20-10-13-6-4-5-9-15(13)17-19-18(23-12-22-17)16(11-21-19)26(24,25)14-7-2-1-3-8-14/h1-9,11-12,21H,10,20H2. The number of sulfone groups is 1. The van der Waals surface area contributed by atoms with Gasteiger partial charge in [-0.15, -0.1) is 0 Å². The zero-order valence-corrected chi connectivity index (χ0v) is 14.6. The van der Waals surface area contributed by atoms with E-state index in [1.807, 2.05) is 24.3 Å². The van der Waals surface area contributed by atoms with Crippen molar-refractivity contribution in [2.75, 3.05) is 0 Å². The van der Waals surface area contributed by atoms with Crippen LogP contribution in [-0.2, 0) is 16.4 Å². The third-order valence-electron chi connectivity index (χ3n) is 4.26. The molecule has 0 amide bonds. The molecule has 6 nitrogen and oxygen atoms in total. The molecule has 130 valence electrons. The van der Waals surface area contributed by atoms with Gasteiger partial charge in [0.15, 0.2) is 0 Å². The van der Waals surface area contributed by atoms with Crippen LogP contribution in [0.3, 0.4) is 0 Å². The fourth-order valence-electron chi connectivity index (χ4n) is 2.98. The van der Waals surface area contributed by atoms with Crippen molar-refractivity contribution in [2.24, 2.45) is 5.73 Å². The van der Waals surface area contributed by atoms with E-state index in [1.54, 1.807) is 30.3 Å². The third kappa shape index (κ3) is 2.58. The van der Waals surface area contributed by atoms with Gasteiger partial charge in [0.25, 0.3) is 0 Å². The predicted molar refractivity (Wildman–Crippen MR) is 99.1 cm³/mol. The van der Waals surface area contributed by atoms with Gasteiger partial charge in [0.2, 0.25) is 9.84 Å². The highest BCUT2D eigenvalue weighted by molar-refractivity contribution is 7.91. The van der Waals surface area contributed by atoms with E-state index >= 15 is 0 Å². The maximum Gasteiger partial charge on any atom is 0.210 e. The molecule has 0 fully saturated rings. The summed E-state index contributed by atoms with van der Waals surface area (Å²) in [5, 5.41) is 0. The van der Waals surface area contributed by atoms with Gasteiger partial charge in [0.05, 0.1) is 16.1 Å². The number of rotatable bonds is 4. The number of aromatic amines is 1. The summed E-state index contributed by atoms with van der Waals surface area (Å²) in [5.41, 5.74) is 9.18. The molecule has 0 saturated heterocycles. The van der Waals surface area contributed by atoms with Crippen LogP contribution < -0.4 is 5.73 Å². The summed E-state index contributed by atoms with van der Waals surface area (Å²) in [6, 6.07) is 15.9. The Morgan fingerprint density at radius 3 is 2.46 bits per heavy atom. The van der Waals surface area contributed by atoms with Crippen molar-refractivity contribution in [2.45, 2.75) is 16.3 Å². The highest BCUT2D eigenvalue weighted by atomic mass is 32.2. The van der Waals surface area contributed by atoms with Gasteiger partial charge in [-0.25, -0.2) is 18.4 Å². The van der Waals surface area contributed by atoms with Gasteiger partial charge in [-0.3, -0.25) is 0 Å². The summed E-state index contributed by atoms with van der Waals surface area (Å²) in [6.45, 7) is 0.359. The summed E-state index contributed by atoms with van der Waals surface area (Å²) < 4.78 is 26.0. The van der Waals surface area contributed by atoms with E-state index in [-0.39, 0.29) is 9.79 Å². The first kappa shape index (κ1) is 16.4. The molecule has 26 heavy (non-hydrogen) atoms. The molecule has 4 aromatic rings. The number of H-pyrrole nitrogens is 1. The molecular weight excluding hydrogens is 348 g/mol. The molecule has 2 aromatic carbocycles. The first-order chi connectivity index (χ1) is 12.6. The Labute approximate surface area is 150 Å². The Hall–Kier alpha value is -3.03. The second-order valence-electron chi connectivity index (χ2n) is 5.78. The molecule has 0 saturated carbocycles. The molecule has 0 unspecified atom stereocenters. The van der Waals surface area contributed by atoms with Crippen molar-refractivity contribution < 1.29 is 8.42 Å². The lowest BCUT2D eigenvalue weighted by atomic mass is 10.0. The molecule has 0 atom stereocenters. The quantitative estimate of drug-likeness (QED) is 0.580. The van der Waals surface area contributed by atoms with Crippen LogP contribution >= 0.6 is 0 Å². The van der Waals surface area contributed by atoms with E-state index in [0.29, 0.717) is 23.3 Å². The van der Waals surface area contributed by atoms with E-state index in [1.165, 1.54) is 12.5 Å². The van der Waals surface area contributed by atoms with E-state index in [4.69, 9.17) is 5.73 Å². The smallest absolute Gasteiger partial charge is 0.210 e. The number of hydrogen-bond acceptors (Lipinski definition) is 5. The minimum Gasteiger partial charge on any atom is -0.357 e. The normalized spacial score (nSPS) is 11.7. The Morgan fingerprint density at radius 2 is 1.69 bits per heavy atom. The van der Waals surface area contributed by atoms with Crippen molar-refractivity contribution in [1.29, 1.82) is 0 Å². The van der Waals surface area contributed by atoms with Crippen LogP contribution in [0.25, 0.3) is 22.3 Å². The zero-order valence-electron chi connectivity index (χ0n) is 13.8. The molecule has 0 aliphatic heterocycles. The minimum atomic E-state index is -3.68. The van der Waals surface area contributed by atoms with Crippen LogP contribution in [0.15, 0.2) is 76.9 Å². The average Bonchev–Trinajstić information content (AvgIpc) is 3.13. The number of nitrogens with one attached hydrogen (secondary N) is 1. The number of nitrogens with zero attached hydrogens (tertiary/aromatic N) is 2. The van der Waals surface area contributed by atoms with E-state index in [9.17, 15) is 8.42 Å². The fraction of sp³-hybridized carbons (Fsp3) is 0.0526. The van der Waals surface area contributed by atoms with Gasteiger partial charge >= 0.3 is 0 Å². The first-order valence-electron chi connectivity index (χ1n) is 8.03. The lowest BCUT2D eigenvalue weighted by molar-refractivity contribution is 0.597. The van der Waals surface area contributed by atoms with Gasteiger partial charge in [-0.1, -0.05) is 42.5 Å². The van der Waals surface area contributed by atoms with Crippen LogP contribution in [0.5, 0.6) is 0 Å². The minimum absolute atomic E-state index is 0.132. The second-order valence-corrected chi connectivity index (χ2v) is 7.69. The number of nitrogens with two attached hydrogens (primary N) is 1. The maximum atomic E-state index is 13.0. The molecule has 7 heteroatoms. The topological polar surface area (TPSA) is 102 Å². The second kappa shape index (κ2) is 6.36. The highest BCUT2D eigenvalue weighted by Gasteiger charge is 2.24. The molecule has 0 aliphatic carbocycles. The zero-order chi connectivity index (χ0) is 18.1. The van der Waals surface area contributed by atoms with Crippen LogP contribution in [-0.4, -0.2) is 23.4 Å². The summed E-state index contributed by atoms with van der Waals surface area (Å²) in [4.78, 5) is 12.0. The number of aromatic nitrogens is 3. The van der Waals surface area contributed by atoms with Crippen LogP contribution in [0, 0.1) is 0 Å². The number of benzene rings is 2. The van der Waals surface area contributed by atoms with E-state index in [0.717, 1.165) is 11.1 Å². The molecule has 3 N–H and O–H groups in total. The Kier molecular flexibility index (Phi) is 4.02. The molecule has 2 heterocycles. The highest BCUT2D eigenvalue weighted by Crippen LogP contribution is 2.32. The summed E-state index contributed by atoms with van der Waals surface area (Å²) in [5.74, 6) is 0. The predicted octanol–water partition coefficient (Wildman–Crippen LogP) is 2.92. The van der Waals surface area contributed by atoms with Crippen LogP contribution in [0.2, 0.25) is 0 Å². The summed E-state index contributed by atoms with van der Waals surface area (Å²) >= 11 is 0. The number of hydrogen-bond donors (Lipinski definition) is 2. The Morgan fingerprint density at radius 1 is 0.962 bits per heavy atom. The fourth-order valence-corrected chi connectivity index (χ4v) is 4.37. The monoisotopic (exact) mass is 364 g/mol. The van der Waals surface area contributed by atoms with Crippen molar-refractivity contribution in [3.63, 3.8) is 0 Å². The average molecular weight is 364 g/mol. The van der Waals surface area contributed by atoms with Gasteiger partial charge in [-0.2, -0.15) is 0 Å². The van der Waals surface area contributed by atoms with Crippen LogP contribution in [0.1, 0.15) is 5.56 Å². The molecular formula is C19H16N4O2S. The van der Waals surface area contributed by atoms with Crippen molar-refractivity contribution >= 4 is 20.9 Å². The maximum absolute atomic E-state index is 13.0. The lowest BCUT2D eigenvalue weighted by Crippen LogP contribution is -2.02. The molecule has 0 spiro atoms. The largest absolute Gasteiger partial charge is 0.357 e. The van der Waals surface area contributed by atoms with Crippen molar-refractivity contribution in [3.05, 3.63) is 72.7 Å². The summed E-state index contributed by atoms with van der Waals surface area (Å²) in [7, 11) is -3.68. The van der Waals surface area contributed by atoms with Gasteiger partial charge in [0, 0.05) is 18.3 Å². The van der Waals surface area contributed by atoms with Crippen LogP contribution in [0.4, 0.5) is 0 Å². The van der Waals surface area contributed by atoms with Gasteiger partial charge in [0.1, 0.15) is 16.7 Å². The SMILES string of the molecule is NCc1ccccc1-c1ncnc2c(S(=O)(=O)c3ccccc3)c[nH]c12. The van der Waals surface area contributed by atoms with E-state index < -0.39 is 9.84 Å². The molecule has 0 bridgehead atoms. The molecule has 0 aliphatic rings. The Balaban J connectivity index is 1.95. The van der Waals surface area contributed by atoms with Gasteiger partial charge < -0.3 is 10.7 Å². The van der Waals surface area contributed by atoms with Crippen molar-refractivity contribution in [3.8, 4) is 11.3 Å². The Bertz CT molecular complexity index is 1180. The van der Waals surface area contributed by atoms with E-state index in [2.05, 4.69) is 15.0 Å². The molecule has 0 radical (unpaired) electrons. The molecule has 4 rings (SSSR count). The first-order valence-corrected chi connectivity index (χ1v) is 9.52. The number of fused-ring (bicyclic) bond motifs is 1.